The Morgan fingerprint density at radius 3 is 2.57 bits per heavy atom. The van der Waals surface area contributed by atoms with Crippen LogP contribution in [0.2, 0.25) is 5.02 Å². The predicted molar refractivity (Wildman–Crippen MR) is 82.0 cm³/mol. The number of amides is 1. The van der Waals surface area contributed by atoms with Crippen LogP contribution in [-0.4, -0.2) is 10.8 Å². The molecule has 2 aromatic carbocycles. The lowest BCUT2D eigenvalue weighted by Gasteiger charge is -2.10. The number of nitrogens with zero attached hydrogens (tertiary/aromatic N) is 1. The number of halogens is 1. The van der Waals surface area contributed by atoms with Gasteiger partial charge >= 0.3 is 0 Å². The maximum atomic E-state index is 12.3. The van der Waals surface area contributed by atoms with Crippen molar-refractivity contribution in [2.75, 3.05) is 5.32 Å². The number of nitro benzene ring substituents is 1. The molecule has 0 aromatic heterocycles. The summed E-state index contributed by atoms with van der Waals surface area (Å²) in [4.78, 5) is 22.5. The Bertz CT molecular complexity index is 729. The second-order valence-corrected chi connectivity index (χ2v) is 5.10. The van der Waals surface area contributed by atoms with Crippen LogP contribution < -0.4 is 5.32 Å². The third-order valence-corrected chi connectivity index (χ3v) is 3.38. The van der Waals surface area contributed by atoms with Gasteiger partial charge < -0.3 is 5.32 Å². The van der Waals surface area contributed by atoms with Crippen molar-refractivity contribution in [3.8, 4) is 0 Å². The Kier molecular flexibility index (Phi) is 4.23. The van der Waals surface area contributed by atoms with Crippen molar-refractivity contribution in [2.45, 2.75) is 13.8 Å². The van der Waals surface area contributed by atoms with Crippen molar-refractivity contribution in [1.29, 1.82) is 0 Å². The number of anilines is 1. The fourth-order valence-corrected chi connectivity index (χ4v) is 2.06. The molecule has 108 valence electrons. The SMILES string of the molecule is Cc1ccc(C)c(NC(=O)c2cc([N+](=O)[O-])ccc2Cl)c1. The largest absolute Gasteiger partial charge is 0.322 e. The van der Waals surface area contributed by atoms with Crippen LogP contribution in [0.5, 0.6) is 0 Å². The molecule has 0 aliphatic heterocycles. The number of nitro groups is 1. The molecule has 0 heterocycles. The minimum atomic E-state index is -0.564. The third-order valence-electron chi connectivity index (χ3n) is 3.05. The van der Waals surface area contributed by atoms with Gasteiger partial charge in [-0.1, -0.05) is 23.7 Å². The number of nitrogens with one attached hydrogen (secondary N) is 1. The van der Waals surface area contributed by atoms with Gasteiger partial charge in [0.1, 0.15) is 0 Å². The number of aryl methyl sites for hydroxylation is 2. The highest BCUT2D eigenvalue weighted by Crippen LogP contribution is 2.24. The van der Waals surface area contributed by atoms with E-state index in [0.29, 0.717) is 5.69 Å². The van der Waals surface area contributed by atoms with Crippen LogP contribution in [0.3, 0.4) is 0 Å². The van der Waals surface area contributed by atoms with Crippen molar-refractivity contribution in [3.63, 3.8) is 0 Å². The maximum Gasteiger partial charge on any atom is 0.270 e. The lowest BCUT2D eigenvalue weighted by Crippen LogP contribution is -2.13. The summed E-state index contributed by atoms with van der Waals surface area (Å²) in [6.45, 7) is 3.78. The second kappa shape index (κ2) is 5.93. The molecule has 0 aliphatic rings. The van der Waals surface area contributed by atoms with Crippen molar-refractivity contribution < 1.29 is 9.72 Å². The lowest BCUT2D eigenvalue weighted by molar-refractivity contribution is -0.384. The first-order chi connectivity index (χ1) is 9.88. The molecule has 2 aromatic rings. The molecule has 2 rings (SSSR count). The summed E-state index contributed by atoms with van der Waals surface area (Å²) in [7, 11) is 0. The van der Waals surface area contributed by atoms with E-state index >= 15 is 0 Å². The zero-order valence-electron chi connectivity index (χ0n) is 11.5. The second-order valence-electron chi connectivity index (χ2n) is 4.69. The van der Waals surface area contributed by atoms with Crippen molar-refractivity contribution in [1.82, 2.24) is 0 Å². The molecular weight excluding hydrogens is 292 g/mol. The number of benzene rings is 2. The molecule has 21 heavy (non-hydrogen) atoms. The topological polar surface area (TPSA) is 72.2 Å². The zero-order valence-corrected chi connectivity index (χ0v) is 12.3. The molecule has 0 atom stereocenters. The quantitative estimate of drug-likeness (QED) is 0.685. The van der Waals surface area contributed by atoms with Gasteiger partial charge in [-0.3, -0.25) is 14.9 Å². The van der Waals surface area contributed by atoms with Gasteiger partial charge in [0, 0.05) is 17.8 Å². The molecule has 1 amide bonds. The van der Waals surface area contributed by atoms with Crippen LogP contribution in [0.4, 0.5) is 11.4 Å². The van der Waals surface area contributed by atoms with Crippen molar-refractivity contribution >= 4 is 28.9 Å². The summed E-state index contributed by atoms with van der Waals surface area (Å²) in [6, 6.07) is 9.43. The summed E-state index contributed by atoms with van der Waals surface area (Å²) >= 11 is 5.95. The molecule has 0 fully saturated rings. The van der Waals surface area contributed by atoms with Crippen LogP contribution in [-0.2, 0) is 0 Å². The minimum Gasteiger partial charge on any atom is -0.322 e. The Morgan fingerprint density at radius 1 is 1.19 bits per heavy atom. The zero-order chi connectivity index (χ0) is 15.6. The first-order valence-corrected chi connectivity index (χ1v) is 6.59. The minimum absolute atomic E-state index is 0.0757. The van der Waals surface area contributed by atoms with E-state index in [4.69, 9.17) is 11.6 Å². The molecular formula is C15H13ClN2O3. The Balaban J connectivity index is 2.34. The van der Waals surface area contributed by atoms with Gasteiger partial charge in [-0.15, -0.1) is 0 Å². The van der Waals surface area contributed by atoms with Crippen LogP contribution in [0.15, 0.2) is 36.4 Å². The standard InChI is InChI=1S/C15H13ClN2O3/c1-9-3-4-10(2)14(7-9)17-15(19)12-8-11(18(20)21)5-6-13(12)16/h3-8H,1-2H3,(H,17,19). The Morgan fingerprint density at radius 2 is 1.90 bits per heavy atom. The third kappa shape index (κ3) is 3.38. The summed E-state index contributed by atoms with van der Waals surface area (Å²) in [6.07, 6.45) is 0. The van der Waals surface area contributed by atoms with Crippen LogP contribution >= 0.6 is 11.6 Å². The average Bonchev–Trinajstić information content (AvgIpc) is 2.43. The van der Waals surface area contributed by atoms with Crippen LogP contribution in [0.1, 0.15) is 21.5 Å². The molecule has 0 spiro atoms. The van der Waals surface area contributed by atoms with Gasteiger partial charge in [0.05, 0.1) is 15.5 Å². The van der Waals surface area contributed by atoms with E-state index in [1.807, 2.05) is 32.0 Å². The van der Waals surface area contributed by atoms with E-state index in [1.165, 1.54) is 18.2 Å². The number of carbonyl (C=O) groups is 1. The maximum absolute atomic E-state index is 12.3. The fourth-order valence-electron chi connectivity index (χ4n) is 1.86. The normalized spacial score (nSPS) is 10.2. The highest BCUT2D eigenvalue weighted by atomic mass is 35.5. The highest BCUT2D eigenvalue weighted by Gasteiger charge is 2.16. The summed E-state index contributed by atoms with van der Waals surface area (Å²) in [5.41, 5.74) is 2.46. The van der Waals surface area contributed by atoms with Crippen molar-refractivity contribution in [3.05, 3.63) is 68.2 Å². The van der Waals surface area contributed by atoms with Gasteiger partial charge in [-0.25, -0.2) is 0 Å². The predicted octanol–water partition coefficient (Wildman–Crippen LogP) is 4.12. The first kappa shape index (κ1) is 15.0. The van der Waals surface area contributed by atoms with E-state index in [0.717, 1.165) is 11.1 Å². The summed E-state index contributed by atoms with van der Waals surface area (Å²) < 4.78 is 0. The van der Waals surface area contributed by atoms with E-state index < -0.39 is 10.8 Å². The number of rotatable bonds is 3. The van der Waals surface area contributed by atoms with Gasteiger partial charge in [-0.05, 0) is 37.1 Å². The van der Waals surface area contributed by atoms with Gasteiger partial charge in [-0.2, -0.15) is 0 Å². The summed E-state index contributed by atoms with van der Waals surface area (Å²) in [5, 5.41) is 13.7. The molecule has 0 unspecified atom stereocenters. The summed E-state index contributed by atoms with van der Waals surface area (Å²) in [5.74, 6) is -0.475. The molecule has 0 radical (unpaired) electrons. The molecule has 5 nitrogen and oxygen atoms in total. The van der Waals surface area contributed by atoms with Gasteiger partial charge in [0.15, 0.2) is 0 Å². The number of hydrogen-bond acceptors (Lipinski definition) is 3. The van der Waals surface area contributed by atoms with Crippen LogP contribution in [0.25, 0.3) is 0 Å². The molecule has 0 bridgehead atoms. The molecule has 0 saturated carbocycles. The highest BCUT2D eigenvalue weighted by molar-refractivity contribution is 6.34. The number of non-ortho nitro benzene ring substituents is 1. The van der Waals surface area contributed by atoms with Crippen LogP contribution in [0, 0.1) is 24.0 Å². The van der Waals surface area contributed by atoms with E-state index in [9.17, 15) is 14.9 Å². The number of carbonyl (C=O) groups excluding carboxylic acids is 1. The van der Waals surface area contributed by atoms with Crippen molar-refractivity contribution in [2.24, 2.45) is 0 Å². The monoisotopic (exact) mass is 304 g/mol. The van der Waals surface area contributed by atoms with E-state index in [-0.39, 0.29) is 16.3 Å². The molecule has 0 aliphatic carbocycles. The van der Waals surface area contributed by atoms with E-state index in [1.54, 1.807) is 0 Å². The smallest absolute Gasteiger partial charge is 0.270 e. The van der Waals surface area contributed by atoms with Gasteiger partial charge in [0.25, 0.3) is 11.6 Å². The fraction of sp³-hybridized carbons (Fsp3) is 0.133. The Hall–Kier alpha value is -2.40. The van der Waals surface area contributed by atoms with E-state index in [2.05, 4.69) is 5.32 Å². The Labute approximate surface area is 126 Å². The molecule has 1 N–H and O–H groups in total. The first-order valence-electron chi connectivity index (χ1n) is 6.21. The molecule has 0 saturated heterocycles. The average molecular weight is 305 g/mol. The lowest BCUT2D eigenvalue weighted by atomic mass is 10.1. The molecule has 6 heteroatoms. The number of hydrogen-bond donors (Lipinski definition) is 1. The van der Waals surface area contributed by atoms with Gasteiger partial charge in [0.2, 0.25) is 0 Å².